The predicted octanol–water partition coefficient (Wildman–Crippen LogP) is 5.15. The van der Waals surface area contributed by atoms with Crippen LogP contribution in [0, 0.1) is 12.3 Å². The SMILES string of the molecule is CCC[C@]1(C)CC[C@H](F)[C@H](N(C)c2cnc(-c3ccc(-c4cc(OC)c(C)nn4)cc3O)nn2)C1. The number of rotatable bonds is 7. The number of anilines is 1. The van der Waals surface area contributed by atoms with Gasteiger partial charge in [0.1, 0.15) is 23.4 Å². The average molecular weight is 481 g/mol. The second-order valence-electron chi connectivity index (χ2n) is 9.75. The lowest BCUT2D eigenvalue weighted by atomic mass is 9.70. The number of halogens is 1. The summed E-state index contributed by atoms with van der Waals surface area (Å²) < 4.78 is 20.2. The molecule has 1 saturated carbocycles. The lowest BCUT2D eigenvalue weighted by molar-refractivity contribution is 0.102. The number of hydrogen-bond acceptors (Lipinski definition) is 8. The Labute approximate surface area is 205 Å². The molecule has 0 unspecified atom stereocenters. The van der Waals surface area contributed by atoms with Gasteiger partial charge >= 0.3 is 0 Å². The van der Waals surface area contributed by atoms with Gasteiger partial charge in [-0.25, -0.2) is 9.37 Å². The zero-order valence-electron chi connectivity index (χ0n) is 21.0. The number of benzene rings is 1. The van der Waals surface area contributed by atoms with E-state index in [1.54, 1.807) is 31.5 Å². The second-order valence-corrected chi connectivity index (χ2v) is 9.75. The number of aromatic nitrogens is 5. The Hall–Kier alpha value is -3.36. The Kier molecular flexibility index (Phi) is 7.14. The van der Waals surface area contributed by atoms with Crippen LogP contribution in [0.15, 0.2) is 30.5 Å². The Morgan fingerprint density at radius 1 is 1.20 bits per heavy atom. The molecule has 9 heteroatoms. The molecule has 8 nitrogen and oxygen atoms in total. The fourth-order valence-electron chi connectivity index (χ4n) is 5.01. The first-order valence-corrected chi connectivity index (χ1v) is 12.0. The Bertz CT molecular complexity index is 1180. The third-order valence-electron chi connectivity index (χ3n) is 7.09. The molecule has 0 aliphatic heterocycles. The fraction of sp³-hybridized carbons (Fsp3) is 0.500. The van der Waals surface area contributed by atoms with Crippen molar-refractivity contribution >= 4 is 5.82 Å². The maximum absolute atomic E-state index is 14.9. The number of aromatic hydroxyl groups is 1. The molecule has 2 heterocycles. The highest BCUT2D eigenvalue weighted by molar-refractivity contribution is 5.71. The molecule has 1 fully saturated rings. The topological polar surface area (TPSA) is 97.2 Å². The molecule has 1 aliphatic carbocycles. The molecule has 1 aromatic carbocycles. The van der Waals surface area contributed by atoms with Crippen LogP contribution in [0.4, 0.5) is 10.2 Å². The Balaban J connectivity index is 1.53. The van der Waals surface area contributed by atoms with Gasteiger partial charge in [-0.2, -0.15) is 5.10 Å². The quantitative estimate of drug-likeness (QED) is 0.496. The van der Waals surface area contributed by atoms with E-state index in [0.29, 0.717) is 40.5 Å². The van der Waals surface area contributed by atoms with Crippen LogP contribution in [-0.2, 0) is 0 Å². The number of alkyl halides is 1. The summed E-state index contributed by atoms with van der Waals surface area (Å²) in [6.07, 6.45) is 5.09. The summed E-state index contributed by atoms with van der Waals surface area (Å²) in [4.78, 5) is 6.27. The molecule has 2 aromatic heterocycles. The van der Waals surface area contributed by atoms with E-state index in [9.17, 15) is 9.50 Å². The van der Waals surface area contributed by atoms with Crippen molar-refractivity contribution < 1.29 is 14.2 Å². The van der Waals surface area contributed by atoms with Crippen LogP contribution in [0.3, 0.4) is 0 Å². The second kappa shape index (κ2) is 10.1. The van der Waals surface area contributed by atoms with Gasteiger partial charge in [0.05, 0.1) is 30.6 Å². The predicted molar refractivity (Wildman–Crippen MR) is 133 cm³/mol. The molecule has 4 rings (SSSR count). The van der Waals surface area contributed by atoms with Gasteiger partial charge in [-0.05, 0) is 50.2 Å². The summed E-state index contributed by atoms with van der Waals surface area (Å²) in [5.74, 6) is 1.42. The largest absolute Gasteiger partial charge is 0.507 e. The first kappa shape index (κ1) is 24.8. The van der Waals surface area contributed by atoms with Crippen LogP contribution >= 0.6 is 0 Å². The van der Waals surface area contributed by atoms with Crippen molar-refractivity contribution in [3.05, 3.63) is 36.2 Å². The van der Waals surface area contributed by atoms with Crippen LogP contribution in [0.5, 0.6) is 11.5 Å². The minimum atomic E-state index is -0.911. The standard InChI is InChI=1S/C26H33FN6O2/c1-6-10-26(3)11-9-19(27)21(14-26)33(4)24-15-28-25(32-31-24)18-8-7-17(12-22(18)34)20-13-23(35-5)16(2)29-30-20/h7-8,12-13,15,19,21,34H,6,9-11,14H2,1-5H3/t19-,21+,26+/m0/s1. The van der Waals surface area contributed by atoms with Gasteiger partial charge in [0.2, 0.25) is 0 Å². The first-order chi connectivity index (χ1) is 16.7. The van der Waals surface area contributed by atoms with Gasteiger partial charge in [0.25, 0.3) is 0 Å². The van der Waals surface area contributed by atoms with Gasteiger partial charge in [-0.15, -0.1) is 15.3 Å². The summed E-state index contributed by atoms with van der Waals surface area (Å²) >= 11 is 0. The van der Waals surface area contributed by atoms with Crippen molar-refractivity contribution in [1.82, 2.24) is 25.4 Å². The fourth-order valence-corrected chi connectivity index (χ4v) is 5.01. The smallest absolute Gasteiger partial charge is 0.185 e. The molecular formula is C26H33FN6O2. The third kappa shape index (κ3) is 5.18. The van der Waals surface area contributed by atoms with Crippen LogP contribution < -0.4 is 9.64 Å². The highest BCUT2D eigenvalue weighted by atomic mass is 19.1. The molecule has 186 valence electrons. The summed E-state index contributed by atoms with van der Waals surface area (Å²) in [7, 11) is 3.43. The Morgan fingerprint density at radius 2 is 2.00 bits per heavy atom. The van der Waals surface area contributed by atoms with Crippen LogP contribution in [0.1, 0.15) is 51.6 Å². The van der Waals surface area contributed by atoms with Crippen molar-refractivity contribution in [2.45, 2.75) is 65.1 Å². The number of phenolic OH excluding ortho intramolecular Hbond substituents is 1. The van der Waals surface area contributed by atoms with E-state index >= 15 is 0 Å². The van der Waals surface area contributed by atoms with E-state index in [1.165, 1.54) is 0 Å². The van der Waals surface area contributed by atoms with E-state index in [-0.39, 0.29) is 23.0 Å². The van der Waals surface area contributed by atoms with E-state index in [2.05, 4.69) is 39.2 Å². The third-order valence-corrected chi connectivity index (χ3v) is 7.09. The van der Waals surface area contributed by atoms with Crippen LogP contribution in [0.2, 0.25) is 0 Å². The normalized spacial score (nSPS) is 22.1. The highest BCUT2D eigenvalue weighted by Crippen LogP contribution is 2.43. The molecule has 0 radical (unpaired) electrons. The molecule has 0 bridgehead atoms. The van der Waals surface area contributed by atoms with E-state index < -0.39 is 6.17 Å². The number of phenols is 1. The molecule has 0 spiro atoms. The van der Waals surface area contributed by atoms with Crippen molar-refractivity contribution in [2.24, 2.45) is 5.41 Å². The monoisotopic (exact) mass is 480 g/mol. The van der Waals surface area contributed by atoms with Gasteiger partial charge in [0, 0.05) is 18.7 Å². The summed E-state index contributed by atoms with van der Waals surface area (Å²) in [6, 6.07) is 6.62. The number of aryl methyl sites for hydroxylation is 1. The number of hydrogen-bond donors (Lipinski definition) is 1. The Morgan fingerprint density at radius 3 is 2.66 bits per heavy atom. The molecule has 3 atom stereocenters. The summed E-state index contributed by atoms with van der Waals surface area (Å²) in [6.45, 7) is 6.24. The number of ether oxygens (including phenoxy) is 1. The van der Waals surface area contributed by atoms with Gasteiger partial charge in [0.15, 0.2) is 11.6 Å². The van der Waals surface area contributed by atoms with Crippen LogP contribution in [-0.4, -0.2) is 56.9 Å². The minimum absolute atomic E-state index is 0.00168. The molecule has 1 aliphatic rings. The van der Waals surface area contributed by atoms with Gasteiger partial charge in [-0.1, -0.05) is 26.3 Å². The van der Waals surface area contributed by atoms with Crippen molar-refractivity contribution in [1.29, 1.82) is 0 Å². The van der Waals surface area contributed by atoms with E-state index in [0.717, 1.165) is 25.7 Å². The minimum Gasteiger partial charge on any atom is -0.507 e. The molecule has 3 aromatic rings. The average Bonchev–Trinajstić information content (AvgIpc) is 2.86. The first-order valence-electron chi connectivity index (χ1n) is 12.0. The van der Waals surface area contributed by atoms with Crippen molar-refractivity contribution in [3.63, 3.8) is 0 Å². The van der Waals surface area contributed by atoms with Gasteiger partial charge in [-0.3, -0.25) is 0 Å². The summed E-state index contributed by atoms with van der Waals surface area (Å²) in [5, 5.41) is 27.5. The zero-order valence-corrected chi connectivity index (χ0v) is 21.0. The van der Waals surface area contributed by atoms with Crippen LogP contribution in [0.25, 0.3) is 22.6 Å². The van der Waals surface area contributed by atoms with Crippen molar-refractivity contribution in [2.75, 3.05) is 19.1 Å². The molecule has 1 N–H and O–H groups in total. The van der Waals surface area contributed by atoms with Gasteiger partial charge < -0.3 is 14.7 Å². The highest BCUT2D eigenvalue weighted by Gasteiger charge is 2.39. The summed E-state index contributed by atoms with van der Waals surface area (Å²) in [5.41, 5.74) is 2.52. The molecule has 35 heavy (non-hydrogen) atoms. The molecule has 0 amide bonds. The maximum Gasteiger partial charge on any atom is 0.185 e. The zero-order chi connectivity index (χ0) is 25.2. The molecule has 0 saturated heterocycles. The molecular weight excluding hydrogens is 447 g/mol. The van der Waals surface area contributed by atoms with E-state index in [1.807, 2.05) is 24.9 Å². The van der Waals surface area contributed by atoms with Crippen molar-refractivity contribution in [3.8, 4) is 34.1 Å². The lowest BCUT2D eigenvalue weighted by Crippen LogP contribution is -2.47. The maximum atomic E-state index is 14.9. The number of nitrogens with zero attached hydrogens (tertiary/aromatic N) is 6. The number of methoxy groups -OCH3 is 1. The van der Waals surface area contributed by atoms with E-state index in [4.69, 9.17) is 4.74 Å². The lowest BCUT2D eigenvalue weighted by Gasteiger charge is -2.43.